The van der Waals surface area contributed by atoms with Gasteiger partial charge in [0, 0.05) is 11.3 Å². The fourth-order valence-electron chi connectivity index (χ4n) is 2.17. The summed E-state index contributed by atoms with van der Waals surface area (Å²) in [6.45, 7) is 2.35. The second kappa shape index (κ2) is 7.78. The number of ether oxygens (including phenoxy) is 1. The van der Waals surface area contributed by atoms with E-state index in [0.29, 0.717) is 13.0 Å². The molecule has 1 unspecified atom stereocenters. The molecule has 0 aliphatic rings. The fourth-order valence-corrected chi connectivity index (χ4v) is 2.96. The van der Waals surface area contributed by atoms with Crippen molar-refractivity contribution in [3.8, 4) is 5.75 Å². The van der Waals surface area contributed by atoms with Gasteiger partial charge in [0.05, 0.1) is 13.7 Å². The van der Waals surface area contributed by atoms with Crippen molar-refractivity contribution in [2.24, 2.45) is 0 Å². The van der Waals surface area contributed by atoms with Crippen LogP contribution >= 0.6 is 11.3 Å². The molecular formula is C17H19NO4S. The lowest BCUT2D eigenvalue weighted by atomic mass is 9.97. The standard InChI is InChI=1S/C17H19NO4S/c1-11(12-3-5-13(22-2)6-4-12)9-16(19)18-10-14-7-8-15(23-14)17(20)21/h3-8,11H,9-10H2,1-2H3,(H,18,19)(H,20,21). The number of aromatic carboxylic acids is 1. The molecule has 0 fully saturated rings. The van der Waals surface area contributed by atoms with Crippen molar-refractivity contribution in [2.45, 2.75) is 25.8 Å². The molecule has 5 nitrogen and oxygen atoms in total. The number of hydrogen-bond acceptors (Lipinski definition) is 4. The van der Waals surface area contributed by atoms with Crippen molar-refractivity contribution in [2.75, 3.05) is 7.11 Å². The van der Waals surface area contributed by atoms with E-state index in [2.05, 4.69) is 5.32 Å². The van der Waals surface area contributed by atoms with E-state index < -0.39 is 5.97 Å². The predicted octanol–water partition coefficient (Wildman–Crippen LogP) is 3.26. The first kappa shape index (κ1) is 17.0. The number of hydrogen-bond donors (Lipinski definition) is 2. The SMILES string of the molecule is COc1ccc(C(C)CC(=O)NCc2ccc(C(=O)O)s2)cc1. The highest BCUT2D eigenvalue weighted by atomic mass is 32.1. The highest BCUT2D eigenvalue weighted by molar-refractivity contribution is 7.13. The predicted molar refractivity (Wildman–Crippen MR) is 89.2 cm³/mol. The first-order chi connectivity index (χ1) is 11.0. The molecule has 2 rings (SSSR count). The summed E-state index contributed by atoms with van der Waals surface area (Å²) >= 11 is 1.17. The second-order valence-corrected chi connectivity index (χ2v) is 6.39. The van der Waals surface area contributed by atoms with Crippen LogP contribution in [0.4, 0.5) is 0 Å². The number of carboxylic acids is 1. The minimum atomic E-state index is -0.944. The van der Waals surface area contributed by atoms with Gasteiger partial charge < -0.3 is 15.2 Å². The second-order valence-electron chi connectivity index (χ2n) is 5.23. The smallest absolute Gasteiger partial charge is 0.345 e. The number of benzene rings is 1. The molecule has 1 atom stereocenters. The fraction of sp³-hybridized carbons (Fsp3) is 0.294. The van der Waals surface area contributed by atoms with Crippen LogP contribution in [0, 0.1) is 0 Å². The molecule has 0 bridgehead atoms. The lowest BCUT2D eigenvalue weighted by Gasteiger charge is -2.12. The number of amides is 1. The van der Waals surface area contributed by atoms with Crippen molar-refractivity contribution in [1.82, 2.24) is 5.32 Å². The molecule has 1 aromatic heterocycles. The summed E-state index contributed by atoms with van der Waals surface area (Å²) < 4.78 is 5.12. The summed E-state index contributed by atoms with van der Waals surface area (Å²) in [5.74, 6) is -0.115. The van der Waals surface area contributed by atoms with E-state index in [4.69, 9.17) is 9.84 Å². The molecule has 2 aromatic rings. The van der Waals surface area contributed by atoms with Gasteiger partial charge in [0.1, 0.15) is 10.6 Å². The molecule has 122 valence electrons. The Balaban J connectivity index is 1.84. The van der Waals surface area contributed by atoms with Crippen LogP contribution in [-0.4, -0.2) is 24.1 Å². The van der Waals surface area contributed by atoms with Gasteiger partial charge in [-0.3, -0.25) is 4.79 Å². The number of rotatable bonds is 7. The Hall–Kier alpha value is -2.34. The molecule has 23 heavy (non-hydrogen) atoms. The third kappa shape index (κ3) is 4.82. The molecule has 2 N–H and O–H groups in total. The van der Waals surface area contributed by atoms with Gasteiger partial charge in [-0.15, -0.1) is 11.3 Å². The van der Waals surface area contributed by atoms with Crippen LogP contribution in [0.5, 0.6) is 5.75 Å². The molecular weight excluding hydrogens is 314 g/mol. The molecule has 0 saturated heterocycles. The zero-order valence-corrected chi connectivity index (χ0v) is 13.9. The molecule has 0 aliphatic carbocycles. The quantitative estimate of drug-likeness (QED) is 0.815. The van der Waals surface area contributed by atoms with Gasteiger partial charge in [0.15, 0.2) is 0 Å². The van der Waals surface area contributed by atoms with Crippen molar-refractivity contribution < 1.29 is 19.4 Å². The Kier molecular flexibility index (Phi) is 5.76. The Bertz CT molecular complexity index is 678. The topological polar surface area (TPSA) is 75.6 Å². The van der Waals surface area contributed by atoms with E-state index in [1.165, 1.54) is 11.3 Å². The highest BCUT2D eigenvalue weighted by Gasteiger charge is 2.12. The molecule has 0 spiro atoms. The third-order valence-corrected chi connectivity index (χ3v) is 4.58. The average Bonchev–Trinajstić information content (AvgIpc) is 3.02. The van der Waals surface area contributed by atoms with E-state index in [1.807, 2.05) is 31.2 Å². The van der Waals surface area contributed by atoms with Crippen LogP contribution in [0.15, 0.2) is 36.4 Å². The molecule has 1 heterocycles. The maximum absolute atomic E-state index is 12.0. The monoisotopic (exact) mass is 333 g/mol. The minimum absolute atomic E-state index is 0.0569. The summed E-state index contributed by atoms with van der Waals surface area (Å²) in [5.41, 5.74) is 1.07. The number of carbonyl (C=O) groups is 2. The van der Waals surface area contributed by atoms with Gasteiger partial charge in [-0.1, -0.05) is 19.1 Å². The van der Waals surface area contributed by atoms with Crippen molar-refractivity contribution in [1.29, 1.82) is 0 Å². The Morgan fingerprint density at radius 3 is 2.48 bits per heavy atom. The summed E-state index contributed by atoms with van der Waals surface area (Å²) in [5, 5.41) is 11.7. The molecule has 1 aromatic carbocycles. The average molecular weight is 333 g/mol. The number of carbonyl (C=O) groups excluding carboxylic acids is 1. The summed E-state index contributed by atoms with van der Waals surface area (Å²) in [6, 6.07) is 10.9. The van der Waals surface area contributed by atoms with Crippen LogP contribution in [-0.2, 0) is 11.3 Å². The van der Waals surface area contributed by atoms with Gasteiger partial charge >= 0.3 is 5.97 Å². The molecule has 1 amide bonds. The van der Waals surface area contributed by atoms with Crippen LogP contribution in [0.2, 0.25) is 0 Å². The van der Waals surface area contributed by atoms with E-state index in [1.54, 1.807) is 19.2 Å². The van der Waals surface area contributed by atoms with Crippen molar-refractivity contribution in [3.63, 3.8) is 0 Å². The zero-order chi connectivity index (χ0) is 16.8. The first-order valence-electron chi connectivity index (χ1n) is 7.22. The lowest BCUT2D eigenvalue weighted by molar-refractivity contribution is -0.121. The first-order valence-corrected chi connectivity index (χ1v) is 8.04. The van der Waals surface area contributed by atoms with Gasteiger partial charge in [0.2, 0.25) is 5.91 Å². The van der Waals surface area contributed by atoms with Gasteiger partial charge in [-0.05, 0) is 35.7 Å². The Morgan fingerprint density at radius 2 is 1.91 bits per heavy atom. The van der Waals surface area contributed by atoms with Crippen molar-refractivity contribution >= 4 is 23.2 Å². The number of nitrogens with one attached hydrogen (secondary N) is 1. The summed E-state index contributed by atoms with van der Waals surface area (Å²) in [7, 11) is 1.62. The summed E-state index contributed by atoms with van der Waals surface area (Å²) in [4.78, 5) is 23.9. The van der Waals surface area contributed by atoms with Crippen molar-refractivity contribution in [3.05, 3.63) is 51.7 Å². The van der Waals surface area contributed by atoms with E-state index >= 15 is 0 Å². The lowest BCUT2D eigenvalue weighted by Crippen LogP contribution is -2.23. The van der Waals surface area contributed by atoms with E-state index in [9.17, 15) is 9.59 Å². The van der Waals surface area contributed by atoms with Gasteiger partial charge in [-0.25, -0.2) is 4.79 Å². The third-order valence-electron chi connectivity index (χ3n) is 3.51. The number of carboxylic acid groups (broad SMARTS) is 1. The molecule has 0 aliphatic heterocycles. The molecule has 6 heteroatoms. The van der Waals surface area contributed by atoms with E-state index in [-0.39, 0.29) is 16.7 Å². The molecule has 0 radical (unpaired) electrons. The maximum Gasteiger partial charge on any atom is 0.345 e. The van der Waals surface area contributed by atoms with Gasteiger partial charge in [0.25, 0.3) is 0 Å². The van der Waals surface area contributed by atoms with E-state index in [0.717, 1.165) is 16.2 Å². The Labute approximate surface area is 138 Å². The highest BCUT2D eigenvalue weighted by Crippen LogP contribution is 2.22. The number of methoxy groups -OCH3 is 1. The Morgan fingerprint density at radius 1 is 1.22 bits per heavy atom. The largest absolute Gasteiger partial charge is 0.497 e. The molecule has 0 saturated carbocycles. The zero-order valence-electron chi connectivity index (χ0n) is 13.0. The van der Waals surface area contributed by atoms with Crippen LogP contribution in [0.3, 0.4) is 0 Å². The minimum Gasteiger partial charge on any atom is -0.497 e. The summed E-state index contributed by atoms with van der Waals surface area (Å²) in [6.07, 6.45) is 0.378. The number of thiophene rings is 1. The van der Waals surface area contributed by atoms with Crippen LogP contribution in [0.1, 0.15) is 39.4 Å². The van der Waals surface area contributed by atoms with Gasteiger partial charge in [-0.2, -0.15) is 0 Å². The normalized spacial score (nSPS) is 11.7. The van der Waals surface area contributed by atoms with Crippen LogP contribution in [0.25, 0.3) is 0 Å². The maximum atomic E-state index is 12.0. The van der Waals surface area contributed by atoms with Crippen LogP contribution < -0.4 is 10.1 Å².